The summed E-state index contributed by atoms with van der Waals surface area (Å²) in [5, 5.41) is 78.5. The van der Waals surface area contributed by atoms with Crippen LogP contribution in [-0.2, 0) is 47.5 Å². The smallest absolute Gasteiger partial charge is 0.332 e. The predicted octanol–water partition coefficient (Wildman–Crippen LogP) is 4.37. The number of hydrogen-bond donors (Lipinski definition) is 8. The highest BCUT2D eigenvalue weighted by molar-refractivity contribution is 5.75. The number of carboxylic acid groups (broad SMARTS) is 1. The van der Waals surface area contributed by atoms with Crippen LogP contribution in [0.25, 0.3) is 0 Å². The van der Waals surface area contributed by atoms with Crippen molar-refractivity contribution in [3.63, 3.8) is 0 Å². The van der Waals surface area contributed by atoms with E-state index in [0.717, 1.165) is 70.6 Å². The molecular weight excluding hydrogens is 947 g/mol. The molecule has 8 rings (SSSR count). The van der Waals surface area contributed by atoms with Crippen molar-refractivity contribution in [3.8, 4) is 0 Å². The Balaban J connectivity index is 1.15. The van der Waals surface area contributed by atoms with Crippen molar-refractivity contribution in [2.45, 2.75) is 248 Å². The highest BCUT2D eigenvalue weighted by Crippen LogP contribution is 2.69. The summed E-state index contributed by atoms with van der Waals surface area (Å²) in [6.07, 6.45) is -4.02. The first-order valence-electron chi connectivity index (χ1n) is 28.3. The molecule has 25 atom stereocenters. The Morgan fingerprint density at radius 2 is 1.53 bits per heavy atom. The van der Waals surface area contributed by atoms with E-state index < -0.39 is 116 Å². The highest BCUT2D eigenvalue weighted by Gasteiger charge is 2.67. The normalized spacial score (nSPS) is 47.1. The van der Waals surface area contributed by atoms with Crippen LogP contribution >= 0.6 is 0 Å². The predicted molar refractivity (Wildman–Crippen MR) is 263 cm³/mol. The lowest BCUT2D eigenvalue weighted by Gasteiger charge is -2.64. The van der Waals surface area contributed by atoms with Gasteiger partial charge in [-0.3, -0.25) is 9.59 Å². The van der Waals surface area contributed by atoms with E-state index >= 15 is 4.79 Å². The van der Waals surface area contributed by atoms with Crippen LogP contribution in [0.3, 0.4) is 0 Å². The first kappa shape index (κ1) is 57.1. The third kappa shape index (κ3) is 11.4. The summed E-state index contributed by atoms with van der Waals surface area (Å²) in [4.78, 5) is 41.3. The molecule has 8 fully saturated rings. The van der Waals surface area contributed by atoms with Gasteiger partial charge >= 0.3 is 17.9 Å². The Hall–Kier alpha value is -2.07. The average Bonchev–Trinajstić information content (AvgIpc) is 3.74. The summed E-state index contributed by atoms with van der Waals surface area (Å²) in [6.45, 7) is 9.50. The summed E-state index contributed by atoms with van der Waals surface area (Å²) < 4.78 is 44.3. The molecule has 2 saturated heterocycles. The van der Waals surface area contributed by atoms with Gasteiger partial charge in [0.2, 0.25) is 0 Å². The van der Waals surface area contributed by atoms with Crippen LogP contribution in [0.4, 0.5) is 0 Å². The van der Waals surface area contributed by atoms with E-state index in [9.17, 15) is 45.3 Å². The van der Waals surface area contributed by atoms with E-state index in [1.165, 1.54) is 7.11 Å². The highest BCUT2D eigenvalue weighted by atomic mass is 16.7. The molecule has 0 amide bonds. The fourth-order valence-electron chi connectivity index (χ4n) is 16.3. The van der Waals surface area contributed by atoms with Crippen LogP contribution in [0.5, 0.6) is 0 Å². The number of carboxylic acids is 1. The Kier molecular flexibility index (Phi) is 18.7. The van der Waals surface area contributed by atoms with Crippen molar-refractivity contribution in [1.29, 1.82) is 0 Å². The van der Waals surface area contributed by atoms with Gasteiger partial charge in [0.15, 0.2) is 18.7 Å². The minimum absolute atomic E-state index is 0.0301. The quantitative estimate of drug-likeness (QED) is 0.0939. The summed E-state index contributed by atoms with van der Waals surface area (Å²) in [5.41, 5.74) is 5.95. The van der Waals surface area contributed by atoms with E-state index in [2.05, 4.69) is 20.8 Å². The van der Waals surface area contributed by atoms with Gasteiger partial charge in [0, 0.05) is 18.4 Å². The van der Waals surface area contributed by atoms with Crippen LogP contribution in [0, 0.1) is 64.1 Å². The molecular formula is C55H91NO17. The molecule has 9 N–H and O–H groups in total. The van der Waals surface area contributed by atoms with Crippen LogP contribution in [0.15, 0.2) is 0 Å². The minimum atomic E-state index is -1.67. The van der Waals surface area contributed by atoms with Crippen LogP contribution in [-0.4, -0.2) is 159 Å². The lowest BCUT2D eigenvalue weighted by atomic mass is 9.43. The maximum absolute atomic E-state index is 15.8. The standard InChI is InChI=1S/C55H91NO17/c1-7-30-14-11-15-36(48(30)73-53-47(63)46(62)44(60)28(3)68-53)71-52-43(49(45(61)39(26-57)72-52)69-38(50(64)65)22-29-12-9-8-10-13-29)51(66)70-37-24-31-23-32(56)20-21-54(31,4)35-25-40(58)55(5)33(17-18-34(55)42(35)37)27(2)16-19-41(59)67-6/h27-40,42-49,52-53,57-58,60-63H,7-26,56H2,1-6H3,(H,64,65)/t27-,28+,30-,31+,32+,33-,34+,35+,36-,37-,38+,39+,40+,42+,43?,44+,45+,46?,47+,48-,49?,52-,53?,54+,55-/m1/s1. The van der Waals surface area contributed by atoms with Crippen LogP contribution in [0.2, 0.25) is 0 Å². The van der Waals surface area contributed by atoms with Crippen molar-refractivity contribution in [3.05, 3.63) is 0 Å². The first-order valence-corrected chi connectivity index (χ1v) is 28.3. The van der Waals surface area contributed by atoms with Gasteiger partial charge in [-0.15, -0.1) is 0 Å². The molecule has 0 aromatic heterocycles. The molecule has 6 saturated carbocycles. The lowest BCUT2D eigenvalue weighted by Crippen LogP contribution is -2.65. The molecule has 18 nitrogen and oxygen atoms in total. The van der Waals surface area contributed by atoms with Crippen LogP contribution in [0.1, 0.15) is 157 Å². The van der Waals surface area contributed by atoms with Crippen molar-refractivity contribution in [2.75, 3.05) is 13.7 Å². The number of aliphatic carboxylic acids is 1. The molecule has 2 heterocycles. The Labute approximate surface area is 432 Å². The molecule has 18 heteroatoms. The second-order valence-electron chi connectivity index (χ2n) is 24.6. The van der Waals surface area contributed by atoms with Gasteiger partial charge in [-0.2, -0.15) is 0 Å². The molecule has 418 valence electrons. The molecule has 2 aliphatic heterocycles. The number of ether oxygens (including phenoxy) is 7. The summed E-state index contributed by atoms with van der Waals surface area (Å²) in [5.74, 6) is -3.99. The van der Waals surface area contributed by atoms with E-state index in [-0.39, 0.29) is 77.6 Å². The first-order chi connectivity index (χ1) is 34.7. The molecule has 73 heavy (non-hydrogen) atoms. The zero-order valence-corrected chi connectivity index (χ0v) is 44.3. The number of carbonyl (C=O) groups is 3. The molecule has 8 aliphatic rings. The van der Waals surface area contributed by atoms with E-state index in [4.69, 9.17) is 38.9 Å². The summed E-state index contributed by atoms with van der Waals surface area (Å²) >= 11 is 0. The largest absolute Gasteiger partial charge is 0.479 e. The van der Waals surface area contributed by atoms with Crippen molar-refractivity contribution < 1.29 is 83.3 Å². The molecule has 0 aromatic carbocycles. The van der Waals surface area contributed by atoms with Gasteiger partial charge in [-0.05, 0) is 130 Å². The van der Waals surface area contributed by atoms with E-state index in [1.807, 2.05) is 6.92 Å². The lowest BCUT2D eigenvalue weighted by molar-refractivity contribution is -0.342. The molecule has 4 unspecified atom stereocenters. The number of esters is 2. The summed E-state index contributed by atoms with van der Waals surface area (Å²) in [6, 6.07) is -0.0458. The van der Waals surface area contributed by atoms with Crippen molar-refractivity contribution in [2.24, 2.45) is 69.8 Å². The molecule has 0 spiro atoms. The topological polar surface area (TPSA) is 283 Å². The minimum Gasteiger partial charge on any atom is -0.479 e. The zero-order valence-electron chi connectivity index (χ0n) is 44.3. The zero-order chi connectivity index (χ0) is 52.7. The maximum atomic E-state index is 15.8. The number of hydrogen-bond acceptors (Lipinski definition) is 17. The van der Waals surface area contributed by atoms with E-state index in [1.54, 1.807) is 6.92 Å². The Morgan fingerprint density at radius 1 is 0.795 bits per heavy atom. The number of carbonyl (C=O) groups excluding carboxylic acids is 2. The average molecular weight is 1040 g/mol. The maximum Gasteiger partial charge on any atom is 0.332 e. The Morgan fingerprint density at radius 3 is 2.22 bits per heavy atom. The van der Waals surface area contributed by atoms with Gasteiger partial charge in [-0.1, -0.05) is 72.6 Å². The Bertz CT molecular complexity index is 1860. The monoisotopic (exact) mass is 1040 g/mol. The molecule has 0 bridgehead atoms. The third-order valence-electron chi connectivity index (χ3n) is 20.7. The van der Waals surface area contributed by atoms with E-state index in [0.29, 0.717) is 38.5 Å². The summed E-state index contributed by atoms with van der Waals surface area (Å²) in [7, 11) is 1.39. The fourth-order valence-corrected chi connectivity index (χ4v) is 16.3. The number of rotatable bonds is 17. The second kappa shape index (κ2) is 23.9. The van der Waals surface area contributed by atoms with Gasteiger partial charge in [0.1, 0.15) is 48.6 Å². The molecule has 0 aromatic rings. The van der Waals surface area contributed by atoms with Crippen LogP contribution < -0.4 is 5.73 Å². The number of nitrogens with two attached hydrogens (primary N) is 1. The third-order valence-corrected chi connectivity index (χ3v) is 20.7. The van der Waals surface area contributed by atoms with Gasteiger partial charge in [0.25, 0.3) is 0 Å². The molecule has 0 radical (unpaired) electrons. The number of methoxy groups -OCH3 is 1. The van der Waals surface area contributed by atoms with Crippen molar-refractivity contribution in [1.82, 2.24) is 0 Å². The second-order valence-corrected chi connectivity index (χ2v) is 24.6. The van der Waals surface area contributed by atoms with Gasteiger partial charge in [0.05, 0.1) is 38.1 Å². The van der Waals surface area contributed by atoms with Gasteiger partial charge < -0.3 is 74.6 Å². The fraction of sp³-hybridized carbons (Fsp3) is 0.945. The number of aliphatic hydroxyl groups is 6. The van der Waals surface area contributed by atoms with Gasteiger partial charge in [-0.25, -0.2) is 4.79 Å². The molecule has 6 aliphatic carbocycles. The van der Waals surface area contributed by atoms with Crippen molar-refractivity contribution >= 4 is 17.9 Å². The number of fused-ring (bicyclic) bond motifs is 5. The number of aliphatic hydroxyl groups excluding tert-OH is 6. The SMILES string of the molecule is CC[C@@H]1CCC[C@@H](O[C@@H]2O[C@@H](CO)[C@H](O)C(O[C@@H](CC3CCCCC3)C(=O)O)C2C(=O)O[C@@H]2C[C@@H]3C[C@@H](N)CC[C@]3(C)[C@H]3C[C@H](O)[C@]4(C)[C@@H]([C@H](C)CCC(=O)OC)CC[C@H]4[C@H]23)[C@@H]1OC1O[C@@H](C)[C@H](O)C(O)[C@@H]1O.